The Kier molecular flexibility index (Phi) is 5.03. The van der Waals surface area contributed by atoms with Crippen LogP contribution in [0.2, 0.25) is 0 Å². The second-order valence-corrected chi connectivity index (χ2v) is 8.37. The third kappa shape index (κ3) is 3.68. The normalized spacial score (nSPS) is 18.4. The second kappa shape index (κ2) is 7.04. The van der Waals surface area contributed by atoms with Gasteiger partial charge in [-0.2, -0.15) is 5.10 Å². The molecule has 1 aromatic heterocycles. The van der Waals surface area contributed by atoms with Crippen molar-refractivity contribution in [3.63, 3.8) is 0 Å². The van der Waals surface area contributed by atoms with E-state index in [2.05, 4.69) is 23.7 Å². The number of hydrogen-bond donors (Lipinski definition) is 1. The van der Waals surface area contributed by atoms with Crippen LogP contribution in [0.5, 0.6) is 0 Å². The lowest BCUT2D eigenvalue weighted by Crippen LogP contribution is -2.34. The van der Waals surface area contributed by atoms with Crippen LogP contribution < -0.4 is 4.72 Å². The number of para-hydroxylation sites is 1. The summed E-state index contributed by atoms with van der Waals surface area (Å²) in [5, 5.41) is 4.18. The van der Waals surface area contributed by atoms with E-state index in [4.69, 9.17) is 4.74 Å². The molecule has 1 aliphatic rings. The molecule has 2 aromatic rings. The predicted octanol–water partition coefficient (Wildman–Crippen LogP) is 2.20. The maximum Gasteiger partial charge on any atom is 0.217 e. The number of ether oxygens (including phenoxy) is 1. The molecule has 1 aromatic carbocycles. The number of sulfonamides is 1. The summed E-state index contributed by atoms with van der Waals surface area (Å²) in [6.45, 7) is 5.14. The molecular weight excluding hydrogens is 326 g/mol. The SMILES string of the molecule is CC(C)c1nn(-c2ccccc2)cc1CNS(=O)(=O)C1CCOC1. The Hall–Kier alpha value is -1.70. The molecule has 1 saturated heterocycles. The molecule has 3 rings (SSSR count). The zero-order chi connectivity index (χ0) is 17.2. The van der Waals surface area contributed by atoms with Crippen molar-refractivity contribution in [2.75, 3.05) is 13.2 Å². The van der Waals surface area contributed by atoms with Gasteiger partial charge in [0.15, 0.2) is 0 Å². The third-order valence-corrected chi connectivity index (χ3v) is 5.98. The molecule has 2 heterocycles. The minimum atomic E-state index is -3.37. The fraction of sp³-hybridized carbons (Fsp3) is 0.471. The zero-order valence-electron chi connectivity index (χ0n) is 14.0. The lowest BCUT2D eigenvalue weighted by atomic mass is 10.1. The van der Waals surface area contributed by atoms with E-state index in [1.807, 2.05) is 36.5 Å². The predicted molar refractivity (Wildman–Crippen MR) is 92.6 cm³/mol. The number of hydrogen-bond acceptors (Lipinski definition) is 4. The van der Waals surface area contributed by atoms with Crippen molar-refractivity contribution in [2.45, 2.75) is 38.0 Å². The van der Waals surface area contributed by atoms with Crippen molar-refractivity contribution in [1.29, 1.82) is 0 Å². The van der Waals surface area contributed by atoms with Crippen molar-refractivity contribution in [2.24, 2.45) is 0 Å². The first kappa shape index (κ1) is 17.1. The van der Waals surface area contributed by atoms with E-state index >= 15 is 0 Å². The van der Waals surface area contributed by atoms with Crippen molar-refractivity contribution >= 4 is 10.0 Å². The number of benzene rings is 1. The molecular formula is C17H23N3O3S. The van der Waals surface area contributed by atoms with E-state index in [0.29, 0.717) is 13.0 Å². The Morgan fingerprint density at radius 3 is 2.71 bits per heavy atom. The van der Waals surface area contributed by atoms with Gasteiger partial charge in [-0.3, -0.25) is 0 Å². The van der Waals surface area contributed by atoms with Crippen LogP contribution in [0.3, 0.4) is 0 Å². The Morgan fingerprint density at radius 2 is 2.08 bits per heavy atom. The second-order valence-electron chi connectivity index (χ2n) is 6.33. The Bertz CT molecular complexity index is 779. The molecule has 24 heavy (non-hydrogen) atoms. The van der Waals surface area contributed by atoms with Crippen molar-refractivity contribution in [3.05, 3.63) is 47.8 Å². The standard InChI is InChI=1S/C17H23N3O3S/c1-13(2)17-14(10-18-24(21,22)16-8-9-23-12-16)11-20(19-17)15-6-4-3-5-7-15/h3-7,11,13,16,18H,8-10,12H2,1-2H3. The molecule has 6 nitrogen and oxygen atoms in total. The molecule has 0 spiro atoms. The van der Waals surface area contributed by atoms with Crippen LogP contribution in [0.4, 0.5) is 0 Å². The molecule has 0 aliphatic carbocycles. The summed E-state index contributed by atoms with van der Waals surface area (Å²) in [4.78, 5) is 0. The van der Waals surface area contributed by atoms with Gasteiger partial charge < -0.3 is 4.74 Å². The van der Waals surface area contributed by atoms with Gasteiger partial charge in [0.25, 0.3) is 0 Å². The molecule has 1 unspecified atom stereocenters. The van der Waals surface area contributed by atoms with E-state index in [1.54, 1.807) is 4.68 Å². The highest BCUT2D eigenvalue weighted by Gasteiger charge is 2.29. The topological polar surface area (TPSA) is 73.2 Å². The first-order valence-electron chi connectivity index (χ1n) is 8.17. The van der Waals surface area contributed by atoms with E-state index < -0.39 is 15.3 Å². The molecule has 7 heteroatoms. The Morgan fingerprint density at radius 1 is 1.33 bits per heavy atom. The monoisotopic (exact) mass is 349 g/mol. The molecule has 0 radical (unpaired) electrons. The summed E-state index contributed by atoms with van der Waals surface area (Å²) in [7, 11) is -3.37. The molecule has 0 amide bonds. The van der Waals surface area contributed by atoms with Gasteiger partial charge in [0.05, 0.1) is 18.0 Å². The first-order chi connectivity index (χ1) is 11.5. The van der Waals surface area contributed by atoms with E-state index in [-0.39, 0.29) is 19.1 Å². The fourth-order valence-electron chi connectivity index (χ4n) is 2.81. The van der Waals surface area contributed by atoms with Crippen molar-refractivity contribution in [1.82, 2.24) is 14.5 Å². The summed E-state index contributed by atoms with van der Waals surface area (Å²) >= 11 is 0. The molecule has 0 bridgehead atoms. The highest BCUT2D eigenvalue weighted by atomic mass is 32.2. The maximum atomic E-state index is 12.3. The van der Waals surface area contributed by atoms with Crippen molar-refractivity contribution in [3.8, 4) is 5.69 Å². The average molecular weight is 349 g/mol. The molecule has 1 aliphatic heterocycles. The van der Waals surface area contributed by atoms with Crippen molar-refractivity contribution < 1.29 is 13.2 Å². The van der Waals surface area contributed by atoms with Crippen LogP contribution in [0.25, 0.3) is 5.69 Å². The number of nitrogens with one attached hydrogen (secondary N) is 1. The van der Waals surface area contributed by atoms with Gasteiger partial charge in [0.2, 0.25) is 10.0 Å². The Labute approximate surface area is 142 Å². The van der Waals surface area contributed by atoms with Crippen LogP contribution in [-0.4, -0.2) is 36.7 Å². The molecule has 1 fully saturated rings. The fourth-order valence-corrected chi connectivity index (χ4v) is 4.09. The van der Waals surface area contributed by atoms with E-state index in [9.17, 15) is 8.42 Å². The number of nitrogens with zero attached hydrogens (tertiary/aromatic N) is 2. The van der Waals surface area contributed by atoms with Gasteiger partial charge in [-0.25, -0.2) is 17.8 Å². The van der Waals surface area contributed by atoms with Gasteiger partial charge in [0, 0.05) is 24.9 Å². The average Bonchev–Trinajstić information content (AvgIpc) is 3.24. The van der Waals surface area contributed by atoms with Crippen LogP contribution >= 0.6 is 0 Å². The van der Waals surface area contributed by atoms with Gasteiger partial charge >= 0.3 is 0 Å². The van der Waals surface area contributed by atoms with Crippen LogP contribution in [0.15, 0.2) is 36.5 Å². The third-order valence-electron chi connectivity index (χ3n) is 4.18. The molecule has 1 atom stereocenters. The molecule has 0 saturated carbocycles. The molecule has 130 valence electrons. The quantitative estimate of drug-likeness (QED) is 0.868. The summed E-state index contributed by atoms with van der Waals surface area (Å²) in [6.07, 6.45) is 2.45. The van der Waals surface area contributed by atoms with E-state index in [1.165, 1.54) is 0 Å². The van der Waals surface area contributed by atoms with Crippen LogP contribution in [-0.2, 0) is 21.3 Å². The Balaban J connectivity index is 1.81. The minimum absolute atomic E-state index is 0.212. The van der Waals surface area contributed by atoms with Gasteiger partial charge in [-0.15, -0.1) is 0 Å². The minimum Gasteiger partial charge on any atom is -0.380 e. The lowest BCUT2D eigenvalue weighted by molar-refractivity contribution is 0.198. The molecule has 1 N–H and O–H groups in total. The number of rotatable bonds is 6. The highest BCUT2D eigenvalue weighted by Crippen LogP contribution is 2.21. The summed E-state index contributed by atoms with van der Waals surface area (Å²) in [5.74, 6) is 0.212. The largest absolute Gasteiger partial charge is 0.380 e. The maximum absolute atomic E-state index is 12.3. The highest BCUT2D eigenvalue weighted by molar-refractivity contribution is 7.90. The van der Waals surface area contributed by atoms with Gasteiger partial charge in [-0.1, -0.05) is 32.0 Å². The van der Waals surface area contributed by atoms with E-state index in [0.717, 1.165) is 16.9 Å². The smallest absolute Gasteiger partial charge is 0.217 e. The summed E-state index contributed by atoms with van der Waals surface area (Å²) < 4.78 is 34.4. The van der Waals surface area contributed by atoms with Crippen LogP contribution in [0.1, 0.15) is 37.4 Å². The van der Waals surface area contributed by atoms with Gasteiger partial charge in [0.1, 0.15) is 5.25 Å². The van der Waals surface area contributed by atoms with Gasteiger partial charge in [-0.05, 0) is 24.5 Å². The number of aromatic nitrogens is 2. The first-order valence-corrected chi connectivity index (χ1v) is 9.72. The summed E-state index contributed by atoms with van der Waals surface area (Å²) in [5.41, 5.74) is 2.76. The lowest BCUT2D eigenvalue weighted by Gasteiger charge is -2.11. The van der Waals surface area contributed by atoms with Crippen LogP contribution in [0, 0.1) is 0 Å². The zero-order valence-corrected chi connectivity index (χ0v) is 14.8. The summed E-state index contributed by atoms with van der Waals surface area (Å²) in [6, 6.07) is 9.81.